The van der Waals surface area contributed by atoms with Crippen molar-refractivity contribution in [3.05, 3.63) is 12.3 Å². The SMILES string of the molecule is CC[C@@H](C)n1nccc1NC(=O)[C@H](C)OC(=O)CN1C(=O)NC2(CCCC2)C1=O. The van der Waals surface area contributed by atoms with Crippen LogP contribution in [0.1, 0.15) is 58.9 Å². The molecular weight excluding hydrogens is 378 g/mol. The van der Waals surface area contributed by atoms with Gasteiger partial charge in [0.05, 0.1) is 12.2 Å². The molecule has 158 valence electrons. The van der Waals surface area contributed by atoms with E-state index in [9.17, 15) is 19.2 Å². The van der Waals surface area contributed by atoms with Crippen molar-refractivity contribution in [2.24, 2.45) is 0 Å². The Balaban J connectivity index is 1.55. The standard InChI is InChI=1S/C19H27N5O5/c1-4-12(2)24-14(7-10-20-24)21-16(26)13(3)29-15(25)11-23-17(27)19(22-18(23)28)8-5-6-9-19/h7,10,12-13H,4-6,8-9,11H2,1-3H3,(H,21,26)(H,22,28)/t12-,13+/m1/s1. The van der Waals surface area contributed by atoms with Crippen LogP contribution in [0.15, 0.2) is 12.3 Å². The highest BCUT2D eigenvalue weighted by Gasteiger charge is 2.52. The summed E-state index contributed by atoms with van der Waals surface area (Å²) in [5.74, 6) is -1.23. The van der Waals surface area contributed by atoms with E-state index in [4.69, 9.17) is 4.74 Å². The lowest BCUT2D eigenvalue weighted by atomic mass is 9.98. The van der Waals surface area contributed by atoms with Gasteiger partial charge in [-0.2, -0.15) is 5.10 Å². The second kappa shape index (κ2) is 8.22. The lowest BCUT2D eigenvalue weighted by Gasteiger charge is -2.20. The summed E-state index contributed by atoms with van der Waals surface area (Å²) >= 11 is 0. The van der Waals surface area contributed by atoms with Crippen molar-refractivity contribution >= 4 is 29.6 Å². The summed E-state index contributed by atoms with van der Waals surface area (Å²) in [6.45, 7) is 4.89. The number of rotatable bonds is 7. The lowest BCUT2D eigenvalue weighted by molar-refractivity contribution is -0.155. The average Bonchev–Trinajstić information content (AvgIpc) is 3.39. The molecule has 2 fully saturated rings. The maximum absolute atomic E-state index is 12.6. The maximum atomic E-state index is 12.6. The van der Waals surface area contributed by atoms with Crippen LogP contribution in [0.3, 0.4) is 0 Å². The molecule has 2 heterocycles. The molecule has 0 unspecified atom stereocenters. The van der Waals surface area contributed by atoms with Gasteiger partial charge in [-0.25, -0.2) is 9.48 Å². The zero-order valence-electron chi connectivity index (χ0n) is 16.9. The van der Waals surface area contributed by atoms with E-state index in [-0.39, 0.29) is 6.04 Å². The van der Waals surface area contributed by atoms with Gasteiger partial charge in [0.25, 0.3) is 11.8 Å². The van der Waals surface area contributed by atoms with Crippen molar-refractivity contribution in [3.63, 3.8) is 0 Å². The Bertz CT molecular complexity index is 814. The van der Waals surface area contributed by atoms with Crippen molar-refractivity contribution < 1.29 is 23.9 Å². The number of amides is 4. The molecule has 1 spiro atoms. The van der Waals surface area contributed by atoms with Crippen LogP contribution in [0.2, 0.25) is 0 Å². The van der Waals surface area contributed by atoms with Crippen molar-refractivity contribution in [2.75, 3.05) is 11.9 Å². The van der Waals surface area contributed by atoms with Gasteiger partial charge in [0, 0.05) is 6.07 Å². The molecule has 0 radical (unpaired) electrons. The number of hydrogen-bond donors (Lipinski definition) is 2. The fraction of sp³-hybridized carbons (Fsp3) is 0.632. The summed E-state index contributed by atoms with van der Waals surface area (Å²) in [4.78, 5) is 50.2. The highest BCUT2D eigenvalue weighted by atomic mass is 16.5. The highest BCUT2D eigenvalue weighted by Crippen LogP contribution is 2.34. The summed E-state index contributed by atoms with van der Waals surface area (Å²) in [5.41, 5.74) is -0.880. The van der Waals surface area contributed by atoms with E-state index in [0.717, 1.165) is 24.2 Å². The van der Waals surface area contributed by atoms with E-state index in [2.05, 4.69) is 15.7 Å². The molecule has 1 saturated heterocycles. The van der Waals surface area contributed by atoms with E-state index in [1.807, 2.05) is 13.8 Å². The van der Waals surface area contributed by atoms with E-state index in [1.165, 1.54) is 6.92 Å². The molecule has 2 N–H and O–H groups in total. The van der Waals surface area contributed by atoms with Crippen LogP contribution in [-0.4, -0.2) is 56.7 Å². The Morgan fingerprint density at radius 3 is 2.66 bits per heavy atom. The van der Waals surface area contributed by atoms with Crippen LogP contribution in [0.4, 0.5) is 10.6 Å². The van der Waals surface area contributed by atoms with Gasteiger partial charge in [-0.15, -0.1) is 0 Å². The predicted octanol–water partition coefficient (Wildman–Crippen LogP) is 1.59. The first-order valence-electron chi connectivity index (χ1n) is 9.95. The summed E-state index contributed by atoms with van der Waals surface area (Å²) < 4.78 is 6.82. The summed E-state index contributed by atoms with van der Waals surface area (Å²) in [7, 11) is 0. The van der Waals surface area contributed by atoms with Crippen molar-refractivity contribution in [1.82, 2.24) is 20.0 Å². The van der Waals surface area contributed by atoms with Crippen LogP contribution in [0.5, 0.6) is 0 Å². The third-order valence-electron chi connectivity index (χ3n) is 5.60. The number of imide groups is 1. The van der Waals surface area contributed by atoms with Gasteiger partial charge in [-0.05, 0) is 33.1 Å². The minimum Gasteiger partial charge on any atom is -0.451 e. The quantitative estimate of drug-likeness (QED) is 0.525. The number of aromatic nitrogens is 2. The smallest absolute Gasteiger partial charge is 0.327 e. The Labute approximate surface area is 168 Å². The maximum Gasteiger partial charge on any atom is 0.327 e. The van der Waals surface area contributed by atoms with Gasteiger partial charge in [0.2, 0.25) is 0 Å². The van der Waals surface area contributed by atoms with Gasteiger partial charge in [0.15, 0.2) is 6.10 Å². The molecule has 1 aliphatic heterocycles. The van der Waals surface area contributed by atoms with Crippen LogP contribution in [0, 0.1) is 0 Å². The van der Waals surface area contributed by atoms with Gasteiger partial charge < -0.3 is 15.4 Å². The molecule has 1 aliphatic carbocycles. The fourth-order valence-electron chi connectivity index (χ4n) is 3.72. The Morgan fingerprint density at radius 1 is 1.31 bits per heavy atom. The number of urea groups is 1. The minimum atomic E-state index is -1.09. The number of hydrogen-bond acceptors (Lipinski definition) is 6. The third-order valence-corrected chi connectivity index (χ3v) is 5.60. The number of nitrogens with zero attached hydrogens (tertiary/aromatic N) is 3. The fourth-order valence-corrected chi connectivity index (χ4v) is 3.72. The zero-order valence-corrected chi connectivity index (χ0v) is 16.9. The van der Waals surface area contributed by atoms with Crippen LogP contribution in [0.25, 0.3) is 0 Å². The molecule has 2 aliphatic rings. The Kier molecular flexibility index (Phi) is 5.90. The molecule has 29 heavy (non-hydrogen) atoms. The number of anilines is 1. The predicted molar refractivity (Wildman–Crippen MR) is 103 cm³/mol. The van der Waals surface area contributed by atoms with Gasteiger partial charge in [-0.3, -0.25) is 19.3 Å². The van der Waals surface area contributed by atoms with E-state index in [0.29, 0.717) is 18.7 Å². The first kappa shape index (κ1) is 20.8. The Morgan fingerprint density at radius 2 is 2.00 bits per heavy atom. The molecule has 3 rings (SSSR count). The largest absolute Gasteiger partial charge is 0.451 e. The molecule has 1 aromatic heterocycles. The van der Waals surface area contributed by atoms with Gasteiger partial charge in [0.1, 0.15) is 17.9 Å². The first-order chi connectivity index (χ1) is 13.8. The van der Waals surface area contributed by atoms with Gasteiger partial charge in [-0.1, -0.05) is 19.8 Å². The van der Waals surface area contributed by atoms with E-state index < -0.39 is 42.0 Å². The van der Waals surface area contributed by atoms with Gasteiger partial charge >= 0.3 is 12.0 Å². The molecular formula is C19H27N5O5. The van der Waals surface area contributed by atoms with Crippen molar-refractivity contribution in [2.45, 2.75) is 70.6 Å². The summed E-state index contributed by atoms with van der Waals surface area (Å²) in [6, 6.07) is 1.16. The third kappa shape index (κ3) is 4.10. The van der Waals surface area contributed by atoms with Crippen LogP contribution < -0.4 is 10.6 Å². The normalized spacial score (nSPS) is 19.9. The molecule has 10 heteroatoms. The summed E-state index contributed by atoms with van der Waals surface area (Å²) in [6.07, 6.45) is 4.18. The van der Waals surface area contributed by atoms with Crippen molar-refractivity contribution in [3.8, 4) is 0 Å². The number of carbonyl (C=O) groups is 4. The summed E-state index contributed by atoms with van der Waals surface area (Å²) in [5, 5.41) is 9.58. The molecule has 0 aromatic carbocycles. The minimum absolute atomic E-state index is 0.0979. The average molecular weight is 405 g/mol. The van der Waals surface area contributed by atoms with E-state index in [1.54, 1.807) is 16.9 Å². The topological polar surface area (TPSA) is 123 Å². The second-order valence-electron chi connectivity index (χ2n) is 7.65. The first-order valence-corrected chi connectivity index (χ1v) is 9.95. The highest BCUT2D eigenvalue weighted by molar-refractivity contribution is 6.09. The number of carbonyl (C=O) groups excluding carboxylic acids is 4. The van der Waals surface area contributed by atoms with E-state index >= 15 is 0 Å². The van der Waals surface area contributed by atoms with Crippen LogP contribution in [-0.2, 0) is 19.1 Å². The number of nitrogens with one attached hydrogen (secondary N) is 2. The number of ether oxygens (including phenoxy) is 1. The molecule has 2 atom stereocenters. The monoisotopic (exact) mass is 405 g/mol. The molecule has 10 nitrogen and oxygen atoms in total. The molecule has 4 amide bonds. The lowest BCUT2D eigenvalue weighted by Crippen LogP contribution is -2.44. The zero-order chi connectivity index (χ0) is 21.2. The number of esters is 1. The second-order valence-corrected chi connectivity index (χ2v) is 7.65. The van der Waals surface area contributed by atoms with Crippen molar-refractivity contribution in [1.29, 1.82) is 0 Å². The molecule has 1 aromatic rings. The van der Waals surface area contributed by atoms with Crippen LogP contribution >= 0.6 is 0 Å². The molecule has 1 saturated carbocycles. The molecule has 0 bridgehead atoms. The Hall–Kier alpha value is -2.91.